The van der Waals surface area contributed by atoms with Crippen molar-refractivity contribution in [2.45, 2.75) is 20.0 Å². The van der Waals surface area contributed by atoms with Gasteiger partial charge in [-0.3, -0.25) is 0 Å². The fraction of sp³-hybridized carbons (Fsp3) is 0.250. The number of benzene rings is 1. The van der Waals surface area contributed by atoms with Gasteiger partial charge in [0.1, 0.15) is 16.5 Å². The summed E-state index contributed by atoms with van der Waals surface area (Å²) < 4.78 is 15.9. The molecule has 2 aromatic rings. The van der Waals surface area contributed by atoms with Gasteiger partial charge in [0, 0.05) is 6.20 Å². The van der Waals surface area contributed by atoms with Gasteiger partial charge in [-0.15, -0.1) is 0 Å². The Kier molecular flexibility index (Phi) is 6.07. The van der Waals surface area contributed by atoms with Crippen LogP contribution in [0.5, 0.6) is 17.4 Å². The lowest BCUT2D eigenvalue weighted by atomic mass is 10.3. The maximum atomic E-state index is 11.5. The van der Waals surface area contributed by atoms with Crippen molar-refractivity contribution in [2.75, 3.05) is 6.61 Å². The van der Waals surface area contributed by atoms with Crippen LogP contribution in [0.4, 0.5) is 0 Å². The van der Waals surface area contributed by atoms with Crippen molar-refractivity contribution in [2.24, 2.45) is 0 Å². The maximum absolute atomic E-state index is 11.5. The molecule has 2 rings (SSSR count). The van der Waals surface area contributed by atoms with E-state index in [2.05, 4.69) is 4.98 Å². The average Bonchev–Trinajstić information content (AvgIpc) is 2.52. The van der Waals surface area contributed by atoms with Crippen LogP contribution < -0.4 is 9.47 Å². The van der Waals surface area contributed by atoms with E-state index in [1.165, 1.54) is 6.20 Å². The topological polar surface area (TPSA) is 57.7 Å². The smallest absolute Gasteiger partial charge is 0.347 e. The molecule has 0 saturated carbocycles. The highest BCUT2D eigenvalue weighted by Gasteiger charge is 2.15. The van der Waals surface area contributed by atoms with Gasteiger partial charge in [-0.1, -0.05) is 23.2 Å². The molecule has 0 aliphatic rings. The summed E-state index contributed by atoms with van der Waals surface area (Å²) in [5.41, 5.74) is 0. The van der Waals surface area contributed by atoms with Gasteiger partial charge in [-0.05, 0) is 44.2 Å². The Labute approximate surface area is 144 Å². The number of nitrogens with zero attached hydrogens (tertiary/aromatic N) is 1. The van der Waals surface area contributed by atoms with Crippen LogP contribution in [0, 0.1) is 0 Å². The maximum Gasteiger partial charge on any atom is 0.347 e. The third kappa shape index (κ3) is 5.01. The van der Waals surface area contributed by atoms with Crippen LogP contribution in [0.2, 0.25) is 10.0 Å². The Morgan fingerprint density at radius 1 is 1.22 bits per heavy atom. The first kappa shape index (κ1) is 17.4. The number of carbonyl (C=O) groups is 1. The molecule has 0 amide bonds. The van der Waals surface area contributed by atoms with Gasteiger partial charge < -0.3 is 14.2 Å². The lowest BCUT2D eigenvalue weighted by Gasteiger charge is -2.13. The predicted octanol–water partition coefficient (Wildman–Crippen LogP) is 4.51. The molecule has 23 heavy (non-hydrogen) atoms. The van der Waals surface area contributed by atoms with Crippen LogP contribution >= 0.6 is 23.2 Å². The van der Waals surface area contributed by atoms with Crippen LogP contribution in [-0.4, -0.2) is 23.7 Å². The molecule has 0 saturated heterocycles. The molecule has 5 nitrogen and oxygen atoms in total. The third-order valence-corrected chi connectivity index (χ3v) is 3.22. The van der Waals surface area contributed by atoms with Gasteiger partial charge in [-0.25, -0.2) is 9.78 Å². The zero-order chi connectivity index (χ0) is 16.8. The number of aromatic nitrogens is 1. The molecule has 1 atom stereocenters. The molecule has 0 aliphatic carbocycles. The number of halogens is 2. The number of ether oxygens (including phenoxy) is 3. The number of esters is 1. The zero-order valence-electron chi connectivity index (χ0n) is 12.6. The molecule has 122 valence electrons. The van der Waals surface area contributed by atoms with Gasteiger partial charge >= 0.3 is 5.97 Å². The van der Waals surface area contributed by atoms with Crippen LogP contribution in [0.25, 0.3) is 0 Å². The summed E-state index contributed by atoms with van der Waals surface area (Å²) in [6.07, 6.45) is 0.760. The van der Waals surface area contributed by atoms with E-state index in [1.54, 1.807) is 44.2 Å². The minimum absolute atomic E-state index is 0.254. The lowest BCUT2D eigenvalue weighted by Crippen LogP contribution is -2.25. The molecule has 0 unspecified atom stereocenters. The number of rotatable bonds is 6. The SMILES string of the molecule is CCOC(=O)[C@H](C)Oc1ccc(Oc2ncc(Cl)cc2Cl)cc1. The van der Waals surface area contributed by atoms with E-state index < -0.39 is 12.1 Å². The van der Waals surface area contributed by atoms with E-state index in [-0.39, 0.29) is 5.88 Å². The fourth-order valence-corrected chi connectivity index (χ4v) is 2.11. The number of carbonyl (C=O) groups excluding carboxylic acids is 1. The largest absolute Gasteiger partial charge is 0.479 e. The Morgan fingerprint density at radius 3 is 2.48 bits per heavy atom. The summed E-state index contributed by atoms with van der Waals surface area (Å²) in [5.74, 6) is 0.889. The first-order valence-electron chi connectivity index (χ1n) is 6.92. The minimum atomic E-state index is -0.686. The number of hydrogen-bond acceptors (Lipinski definition) is 5. The van der Waals surface area contributed by atoms with E-state index in [1.807, 2.05) is 0 Å². The van der Waals surface area contributed by atoms with Crippen molar-refractivity contribution >= 4 is 29.2 Å². The normalized spacial score (nSPS) is 11.7. The molecule has 0 bridgehead atoms. The molecular formula is C16H15Cl2NO4. The van der Waals surface area contributed by atoms with Crippen molar-refractivity contribution in [1.29, 1.82) is 0 Å². The van der Waals surface area contributed by atoms with Crippen LogP contribution in [-0.2, 0) is 9.53 Å². The molecule has 0 N–H and O–H groups in total. The summed E-state index contributed by atoms with van der Waals surface area (Å²) >= 11 is 11.8. The lowest BCUT2D eigenvalue weighted by molar-refractivity contribution is -0.150. The third-order valence-electron chi connectivity index (χ3n) is 2.74. The minimum Gasteiger partial charge on any atom is -0.479 e. The summed E-state index contributed by atoms with van der Waals surface area (Å²) in [6, 6.07) is 8.26. The highest BCUT2D eigenvalue weighted by molar-refractivity contribution is 6.35. The summed E-state index contributed by atoms with van der Waals surface area (Å²) in [4.78, 5) is 15.5. The van der Waals surface area contributed by atoms with E-state index in [4.69, 9.17) is 37.4 Å². The van der Waals surface area contributed by atoms with E-state index in [9.17, 15) is 4.79 Å². The molecule has 1 aromatic heterocycles. The van der Waals surface area contributed by atoms with Gasteiger partial charge in [0.05, 0.1) is 11.6 Å². The molecule has 0 aliphatic heterocycles. The first-order valence-corrected chi connectivity index (χ1v) is 7.67. The second-order valence-corrected chi connectivity index (χ2v) is 5.37. The quantitative estimate of drug-likeness (QED) is 0.713. The van der Waals surface area contributed by atoms with E-state index in [0.717, 1.165) is 0 Å². The van der Waals surface area contributed by atoms with Crippen molar-refractivity contribution in [3.8, 4) is 17.4 Å². The Bertz CT molecular complexity index is 676. The summed E-state index contributed by atoms with van der Waals surface area (Å²) in [6.45, 7) is 3.68. The van der Waals surface area contributed by atoms with Gasteiger partial charge in [0.2, 0.25) is 5.88 Å². The Morgan fingerprint density at radius 2 is 1.87 bits per heavy atom. The zero-order valence-corrected chi connectivity index (χ0v) is 14.1. The standard InChI is InChI=1S/C16H15Cl2NO4/c1-3-21-16(20)10(2)22-12-4-6-13(7-5-12)23-15-14(18)8-11(17)9-19-15/h4-10H,3H2,1-2H3/t10-/m0/s1. The van der Waals surface area contributed by atoms with Crippen LogP contribution in [0.3, 0.4) is 0 Å². The fourth-order valence-electron chi connectivity index (χ4n) is 1.69. The summed E-state index contributed by atoms with van der Waals surface area (Å²) in [7, 11) is 0. The first-order chi connectivity index (χ1) is 11.0. The highest BCUT2D eigenvalue weighted by Crippen LogP contribution is 2.30. The Hall–Kier alpha value is -1.98. The number of pyridine rings is 1. The van der Waals surface area contributed by atoms with Crippen LogP contribution in [0.1, 0.15) is 13.8 Å². The van der Waals surface area contributed by atoms with Gasteiger partial charge in [0.15, 0.2) is 6.10 Å². The predicted molar refractivity (Wildman–Crippen MR) is 87.5 cm³/mol. The van der Waals surface area contributed by atoms with E-state index in [0.29, 0.717) is 28.2 Å². The Balaban J connectivity index is 2.00. The van der Waals surface area contributed by atoms with Crippen molar-refractivity contribution in [3.63, 3.8) is 0 Å². The van der Waals surface area contributed by atoms with E-state index >= 15 is 0 Å². The molecular weight excluding hydrogens is 341 g/mol. The number of hydrogen-bond donors (Lipinski definition) is 0. The summed E-state index contributed by atoms with van der Waals surface area (Å²) in [5, 5.41) is 0.743. The second-order valence-electron chi connectivity index (χ2n) is 4.53. The van der Waals surface area contributed by atoms with Gasteiger partial charge in [0.25, 0.3) is 0 Å². The van der Waals surface area contributed by atoms with Gasteiger partial charge in [-0.2, -0.15) is 0 Å². The molecule has 7 heteroatoms. The molecule has 0 spiro atoms. The monoisotopic (exact) mass is 355 g/mol. The van der Waals surface area contributed by atoms with Crippen molar-refractivity contribution in [1.82, 2.24) is 4.98 Å². The molecule has 1 heterocycles. The molecule has 0 radical (unpaired) electrons. The van der Waals surface area contributed by atoms with Crippen molar-refractivity contribution in [3.05, 3.63) is 46.6 Å². The highest BCUT2D eigenvalue weighted by atomic mass is 35.5. The average molecular weight is 356 g/mol. The molecule has 0 fully saturated rings. The molecule has 1 aromatic carbocycles. The van der Waals surface area contributed by atoms with Crippen LogP contribution in [0.15, 0.2) is 36.5 Å². The second kappa shape index (κ2) is 8.04. The van der Waals surface area contributed by atoms with Crippen molar-refractivity contribution < 1.29 is 19.0 Å².